The van der Waals surface area contributed by atoms with Crippen molar-refractivity contribution >= 4 is 22.8 Å². The van der Waals surface area contributed by atoms with Crippen LogP contribution in [0.15, 0.2) is 51.7 Å². The average Bonchev–Trinajstić information content (AvgIpc) is 3.15. The first kappa shape index (κ1) is 22.2. The quantitative estimate of drug-likeness (QED) is 0.534. The Balaban J connectivity index is 1.59. The van der Waals surface area contributed by atoms with Gasteiger partial charge in [0.25, 0.3) is 5.91 Å². The standard InChI is InChI=1S/C25H23FN2O6/c1-32-25(31)16-4-2-15(3-5-16)21-20-22(29)18-14-17(26)6-7-19(18)34-23(20)24(30)28(21)9-8-27-10-12-33-13-11-27/h2-7,14,21H,8-13H2,1H3. The Morgan fingerprint density at radius 3 is 2.53 bits per heavy atom. The summed E-state index contributed by atoms with van der Waals surface area (Å²) in [5.74, 6) is -1.48. The number of methoxy groups -OCH3 is 1. The fraction of sp³-hybridized carbons (Fsp3) is 0.320. The zero-order valence-corrected chi connectivity index (χ0v) is 18.6. The lowest BCUT2D eigenvalue weighted by molar-refractivity contribution is 0.0314. The van der Waals surface area contributed by atoms with Crippen LogP contribution in [0.25, 0.3) is 11.0 Å². The van der Waals surface area contributed by atoms with Crippen molar-refractivity contribution in [2.24, 2.45) is 0 Å². The van der Waals surface area contributed by atoms with E-state index in [0.29, 0.717) is 37.4 Å². The zero-order valence-electron chi connectivity index (χ0n) is 18.6. The predicted octanol–water partition coefficient (Wildman–Crippen LogP) is 2.60. The number of carbonyl (C=O) groups excluding carboxylic acids is 2. The maximum atomic E-state index is 13.9. The second-order valence-corrected chi connectivity index (χ2v) is 8.28. The lowest BCUT2D eigenvalue weighted by atomic mass is 9.97. The lowest BCUT2D eigenvalue weighted by Crippen LogP contribution is -2.42. The number of esters is 1. The second-order valence-electron chi connectivity index (χ2n) is 8.28. The molecule has 1 amide bonds. The average molecular weight is 466 g/mol. The molecule has 5 rings (SSSR count). The molecule has 1 saturated heterocycles. The molecule has 2 aromatic carbocycles. The number of ether oxygens (including phenoxy) is 2. The monoisotopic (exact) mass is 466 g/mol. The molecule has 3 heterocycles. The van der Waals surface area contributed by atoms with Gasteiger partial charge in [-0.1, -0.05) is 12.1 Å². The Hall–Kier alpha value is -3.56. The molecule has 1 atom stereocenters. The Bertz CT molecular complexity index is 1310. The van der Waals surface area contributed by atoms with E-state index in [4.69, 9.17) is 13.9 Å². The van der Waals surface area contributed by atoms with Crippen LogP contribution < -0.4 is 5.43 Å². The minimum absolute atomic E-state index is 0.0341. The highest BCUT2D eigenvalue weighted by molar-refractivity contribution is 5.99. The molecule has 1 aromatic heterocycles. The molecule has 0 radical (unpaired) electrons. The minimum Gasteiger partial charge on any atom is -0.465 e. The highest BCUT2D eigenvalue weighted by Gasteiger charge is 2.42. The summed E-state index contributed by atoms with van der Waals surface area (Å²) >= 11 is 0. The maximum absolute atomic E-state index is 13.9. The van der Waals surface area contributed by atoms with Crippen molar-refractivity contribution in [2.75, 3.05) is 46.5 Å². The third-order valence-electron chi connectivity index (χ3n) is 6.34. The third kappa shape index (κ3) is 3.86. The molecule has 0 bridgehead atoms. The zero-order chi connectivity index (χ0) is 23.8. The van der Waals surface area contributed by atoms with Gasteiger partial charge in [0.2, 0.25) is 5.76 Å². The summed E-state index contributed by atoms with van der Waals surface area (Å²) in [6.07, 6.45) is 0. The number of carbonyl (C=O) groups is 2. The third-order valence-corrected chi connectivity index (χ3v) is 6.34. The fourth-order valence-electron chi connectivity index (χ4n) is 4.56. The van der Waals surface area contributed by atoms with E-state index in [-0.39, 0.29) is 22.3 Å². The van der Waals surface area contributed by atoms with Gasteiger partial charge >= 0.3 is 5.97 Å². The highest BCUT2D eigenvalue weighted by atomic mass is 19.1. The van der Waals surface area contributed by atoms with Crippen molar-refractivity contribution in [3.05, 3.63) is 81.0 Å². The number of rotatable bonds is 5. The van der Waals surface area contributed by atoms with Gasteiger partial charge in [-0.05, 0) is 35.9 Å². The molecule has 34 heavy (non-hydrogen) atoms. The number of benzene rings is 2. The van der Waals surface area contributed by atoms with Gasteiger partial charge in [-0.25, -0.2) is 9.18 Å². The van der Waals surface area contributed by atoms with Crippen LogP contribution in [-0.2, 0) is 9.47 Å². The number of morpholine rings is 1. The van der Waals surface area contributed by atoms with Gasteiger partial charge < -0.3 is 18.8 Å². The smallest absolute Gasteiger partial charge is 0.337 e. The summed E-state index contributed by atoms with van der Waals surface area (Å²) in [7, 11) is 1.30. The number of hydrogen-bond donors (Lipinski definition) is 0. The Labute approximate surface area is 194 Å². The van der Waals surface area contributed by atoms with Gasteiger partial charge in [-0.15, -0.1) is 0 Å². The van der Waals surface area contributed by atoms with Crippen molar-refractivity contribution in [2.45, 2.75) is 6.04 Å². The van der Waals surface area contributed by atoms with E-state index in [1.807, 2.05) is 0 Å². The summed E-state index contributed by atoms with van der Waals surface area (Å²) in [6, 6.07) is 9.51. The number of amides is 1. The molecule has 176 valence electrons. The first-order valence-corrected chi connectivity index (χ1v) is 11.0. The van der Waals surface area contributed by atoms with Gasteiger partial charge in [0.15, 0.2) is 5.43 Å². The highest BCUT2D eigenvalue weighted by Crippen LogP contribution is 2.38. The molecule has 0 saturated carbocycles. The molecule has 1 fully saturated rings. The molecular formula is C25H23FN2O6. The number of halogens is 1. The number of fused-ring (bicyclic) bond motifs is 2. The van der Waals surface area contributed by atoms with E-state index in [2.05, 4.69) is 4.90 Å². The summed E-state index contributed by atoms with van der Waals surface area (Å²) in [6.45, 7) is 3.73. The van der Waals surface area contributed by atoms with Gasteiger partial charge in [0.05, 0.1) is 42.9 Å². The molecule has 0 N–H and O–H groups in total. The Morgan fingerprint density at radius 1 is 1.09 bits per heavy atom. The lowest BCUT2D eigenvalue weighted by Gasteiger charge is -2.31. The van der Waals surface area contributed by atoms with Crippen LogP contribution in [0.2, 0.25) is 0 Å². The molecule has 0 spiro atoms. The Morgan fingerprint density at radius 2 is 1.82 bits per heavy atom. The van der Waals surface area contributed by atoms with Crippen molar-refractivity contribution in [1.29, 1.82) is 0 Å². The van der Waals surface area contributed by atoms with Crippen LogP contribution in [0.4, 0.5) is 4.39 Å². The SMILES string of the molecule is COC(=O)c1ccc(C2c3c(oc4ccc(F)cc4c3=O)C(=O)N2CCN2CCOCC2)cc1. The van der Waals surface area contributed by atoms with E-state index >= 15 is 0 Å². The van der Waals surface area contributed by atoms with E-state index in [1.54, 1.807) is 29.2 Å². The summed E-state index contributed by atoms with van der Waals surface area (Å²) < 4.78 is 29.9. The van der Waals surface area contributed by atoms with Crippen molar-refractivity contribution in [3.63, 3.8) is 0 Å². The molecule has 3 aromatic rings. The summed E-state index contributed by atoms with van der Waals surface area (Å²) in [5.41, 5.74) is 0.886. The van der Waals surface area contributed by atoms with Crippen molar-refractivity contribution in [1.82, 2.24) is 9.80 Å². The molecule has 2 aliphatic rings. The summed E-state index contributed by atoms with van der Waals surface area (Å²) in [4.78, 5) is 42.6. The van der Waals surface area contributed by atoms with Crippen LogP contribution in [0.1, 0.15) is 38.1 Å². The molecule has 2 aliphatic heterocycles. The van der Waals surface area contributed by atoms with Gasteiger partial charge in [-0.2, -0.15) is 0 Å². The molecular weight excluding hydrogens is 443 g/mol. The van der Waals surface area contributed by atoms with Gasteiger partial charge in [-0.3, -0.25) is 14.5 Å². The van der Waals surface area contributed by atoms with E-state index in [0.717, 1.165) is 19.2 Å². The van der Waals surface area contributed by atoms with Crippen LogP contribution in [0.5, 0.6) is 0 Å². The topological polar surface area (TPSA) is 89.3 Å². The molecule has 8 nitrogen and oxygen atoms in total. The normalized spacial score (nSPS) is 18.4. The van der Waals surface area contributed by atoms with E-state index in [9.17, 15) is 18.8 Å². The van der Waals surface area contributed by atoms with Gasteiger partial charge in [0, 0.05) is 26.2 Å². The second kappa shape index (κ2) is 9.00. The summed E-state index contributed by atoms with van der Waals surface area (Å²) in [5, 5.41) is 0.0813. The predicted molar refractivity (Wildman–Crippen MR) is 120 cm³/mol. The maximum Gasteiger partial charge on any atom is 0.337 e. The largest absolute Gasteiger partial charge is 0.465 e. The van der Waals surface area contributed by atoms with Crippen LogP contribution >= 0.6 is 0 Å². The van der Waals surface area contributed by atoms with Crippen LogP contribution in [-0.4, -0.2) is 68.2 Å². The molecule has 9 heteroatoms. The minimum atomic E-state index is -0.723. The fourth-order valence-corrected chi connectivity index (χ4v) is 4.56. The Kier molecular flexibility index (Phi) is 5.89. The van der Waals surface area contributed by atoms with Crippen LogP contribution in [0.3, 0.4) is 0 Å². The first-order chi connectivity index (χ1) is 16.5. The van der Waals surface area contributed by atoms with Crippen molar-refractivity contribution in [3.8, 4) is 0 Å². The van der Waals surface area contributed by atoms with Crippen molar-refractivity contribution < 1.29 is 27.9 Å². The molecule has 1 unspecified atom stereocenters. The van der Waals surface area contributed by atoms with Gasteiger partial charge in [0.1, 0.15) is 11.4 Å². The molecule has 0 aliphatic carbocycles. The van der Waals surface area contributed by atoms with Crippen LogP contribution in [0, 0.1) is 5.82 Å². The van der Waals surface area contributed by atoms with E-state index < -0.39 is 29.2 Å². The number of hydrogen-bond acceptors (Lipinski definition) is 7. The van der Waals surface area contributed by atoms with E-state index in [1.165, 1.54) is 19.2 Å². The number of nitrogens with zero attached hydrogens (tertiary/aromatic N) is 2. The first-order valence-electron chi connectivity index (χ1n) is 11.0.